The van der Waals surface area contributed by atoms with Crippen molar-refractivity contribution < 1.29 is 27.9 Å². The van der Waals surface area contributed by atoms with Crippen LogP contribution in [0.25, 0.3) is 0 Å². The molecule has 0 saturated carbocycles. The number of hydrogen-bond acceptors (Lipinski definition) is 5. The van der Waals surface area contributed by atoms with E-state index in [2.05, 4.69) is 6.92 Å². The number of aryl methyl sites for hydroxylation is 1. The molecule has 1 fully saturated rings. The highest BCUT2D eigenvalue weighted by molar-refractivity contribution is 7.88. The second kappa shape index (κ2) is 9.29. The van der Waals surface area contributed by atoms with Crippen molar-refractivity contribution in [2.45, 2.75) is 25.9 Å². The number of benzene rings is 1. The fraction of sp³-hybridized carbons (Fsp3) is 0.556. The van der Waals surface area contributed by atoms with Gasteiger partial charge in [0.15, 0.2) is 0 Å². The van der Waals surface area contributed by atoms with E-state index in [0.717, 1.165) is 22.5 Å². The van der Waals surface area contributed by atoms with Gasteiger partial charge < -0.3 is 14.7 Å². The molecule has 9 heteroatoms. The average molecular weight is 398 g/mol. The Balaban J connectivity index is 1.97. The first kappa shape index (κ1) is 21.3. The third kappa shape index (κ3) is 6.60. The van der Waals surface area contributed by atoms with Gasteiger partial charge in [0.1, 0.15) is 6.54 Å². The van der Waals surface area contributed by atoms with Crippen LogP contribution in [0.2, 0.25) is 0 Å². The Morgan fingerprint density at radius 2 is 1.89 bits per heavy atom. The molecule has 8 nitrogen and oxygen atoms in total. The molecule has 1 saturated heterocycles. The summed E-state index contributed by atoms with van der Waals surface area (Å²) in [4.78, 5) is 25.1. The number of carbonyl (C=O) groups excluding carboxylic acids is 1. The second-order valence-electron chi connectivity index (χ2n) is 6.63. The maximum atomic E-state index is 12.6. The SMILES string of the molecule is CCc1ccc(CC(=O)N2CCOC(CN(CC(=O)O)S(C)(=O)=O)C2)cc1. The molecule has 1 aromatic rings. The standard InChI is InChI=1S/C18H26N2O6S/c1-3-14-4-6-15(7-5-14)10-17(21)19-8-9-26-16(11-19)12-20(13-18(22)23)27(2,24)25/h4-7,16H,3,8-13H2,1-2H3,(H,22,23). The molecule has 0 spiro atoms. The predicted molar refractivity (Wildman–Crippen MR) is 99.9 cm³/mol. The smallest absolute Gasteiger partial charge is 0.318 e. The topological polar surface area (TPSA) is 104 Å². The molecule has 1 amide bonds. The van der Waals surface area contributed by atoms with E-state index in [1.54, 1.807) is 4.90 Å². The molecule has 1 atom stereocenters. The number of ether oxygens (including phenoxy) is 1. The van der Waals surface area contributed by atoms with Crippen LogP contribution in [0.5, 0.6) is 0 Å². The lowest BCUT2D eigenvalue weighted by Gasteiger charge is -2.35. The molecule has 1 unspecified atom stereocenters. The predicted octanol–water partition coefficient (Wildman–Crippen LogP) is 0.365. The molecule has 1 aliphatic rings. The summed E-state index contributed by atoms with van der Waals surface area (Å²) < 4.78 is 30.0. The lowest BCUT2D eigenvalue weighted by molar-refractivity contribution is -0.140. The van der Waals surface area contributed by atoms with E-state index in [4.69, 9.17) is 9.84 Å². The number of aliphatic carboxylic acids is 1. The van der Waals surface area contributed by atoms with E-state index in [1.807, 2.05) is 24.3 Å². The molecule has 1 aliphatic heterocycles. The summed E-state index contributed by atoms with van der Waals surface area (Å²) in [6, 6.07) is 7.88. The number of sulfonamides is 1. The number of amides is 1. The molecule has 0 bridgehead atoms. The first-order chi connectivity index (χ1) is 12.7. The lowest BCUT2D eigenvalue weighted by atomic mass is 10.1. The average Bonchev–Trinajstić information content (AvgIpc) is 2.61. The van der Waals surface area contributed by atoms with Crippen LogP contribution in [0.1, 0.15) is 18.1 Å². The van der Waals surface area contributed by atoms with Crippen LogP contribution >= 0.6 is 0 Å². The molecule has 2 rings (SSSR count). The largest absolute Gasteiger partial charge is 0.480 e. The molecule has 1 N–H and O–H groups in total. The van der Waals surface area contributed by atoms with Gasteiger partial charge in [-0.2, -0.15) is 4.31 Å². The maximum absolute atomic E-state index is 12.6. The zero-order valence-corrected chi connectivity index (χ0v) is 16.4. The van der Waals surface area contributed by atoms with Crippen molar-refractivity contribution in [3.63, 3.8) is 0 Å². The van der Waals surface area contributed by atoms with Crippen LogP contribution in [0.4, 0.5) is 0 Å². The Morgan fingerprint density at radius 1 is 1.26 bits per heavy atom. The summed E-state index contributed by atoms with van der Waals surface area (Å²) in [6.07, 6.45) is 1.61. The Kier molecular flexibility index (Phi) is 7.34. The number of carbonyl (C=O) groups is 2. The van der Waals surface area contributed by atoms with Crippen molar-refractivity contribution in [3.8, 4) is 0 Å². The Morgan fingerprint density at radius 3 is 2.44 bits per heavy atom. The van der Waals surface area contributed by atoms with E-state index in [9.17, 15) is 18.0 Å². The number of hydrogen-bond donors (Lipinski definition) is 1. The van der Waals surface area contributed by atoms with E-state index in [0.29, 0.717) is 6.54 Å². The minimum absolute atomic E-state index is 0.0586. The van der Waals surface area contributed by atoms with Crippen molar-refractivity contribution in [1.82, 2.24) is 9.21 Å². The summed E-state index contributed by atoms with van der Waals surface area (Å²) in [6.45, 7) is 2.29. The highest BCUT2D eigenvalue weighted by Gasteiger charge is 2.29. The zero-order chi connectivity index (χ0) is 20.0. The van der Waals surface area contributed by atoms with Crippen molar-refractivity contribution in [2.75, 3.05) is 39.0 Å². The minimum Gasteiger partial charge on any atom is -0.480 e. The molecule has 0 radical (unpaired) electrons. The maximum Gasteiger partial charge on any atom is 0.318 e. The normalized spacial score (nSPS) is 17.9. The first-order valence-electron chi connectivity index (χ1n) is 8.83. The Hall–Kier alpha value is -1.97. The number of nitrogens with zero attached hydrogens (tertiary/aromatic N) is 2. The van der Waals surface area contributed by atoms with Crippen LogP contribution < -0.4 is 0 Å². The van der Waals surface area contributed by atoms with Crippen molar-refractivity contribution in [1.29, 1.82) is 0 Å². The number of carboxylic acids is 1. The van der Waals surface area contributed by atoms with Gasteiger partial charge in [0.2, 0.25) is 15.9 Å². The van der Waals surface area contributed by atoms with E-state index < -0.39 is 28.6 Å². The molecular formula is C18H26N2O6S. The van der Waals surface area contributed by atoms with Gasteiger partial charge in [-0.1, -0.05) is 31.2 Å². The Bertz CT molecular complexity index is 763. The van der Waals surface area contributed by atoms with Gasteiger partial charge in [0.25, 0.3) is 0 Å². The van der Waals surface area contributed by atoms with E-state index >= 15 is 0 Å². The first-order valence-corrected chi connectivity index (χ1v) is 10.7. The van der Waals surface area contributed by atoms with Gasteiger partial charge in [-0.15, -0.1) is 0 Å². The number of rotatable bonds is 8. The summed E-state index contributed by atoms with van der Waals surface area (Å²) in [5.41, 5.74) is 2.13. The molecule has 0 aliphatic carbocycles. The second-order valence-corrected chi connectivity index (χ2v) is 8.61. The van der Waals surface area contributed by atoms with E-state index in [1.165, 1.54) is 5.56 Å². The van der Waals surface area contributed by atoms with Crippen LogP contribution in [-0.2, 0) is 37.2 Å². The fourth-order valence-electron chi connectivity index (χ4n) is 2.93. The van der Waals surface area contributed by atoms with Crippen LogP contribution in [0.15, 0.2) is 24.3 Å². The van der Waals surface area contributed by atoms with Crippen LogP contribution in [0.3, 0.4) is 0 Å². The lowest BCUT2D eigenvalue weighted by Crippen LogP contribution is -2.51. The molecule has 1 aromatic carbocycles. The van der Waals surface area contributed by atoms with Gasteiger partial charge in [0, 0.05) is 19.6 Å². The quantitative estimate of drug-likeness (QED) is 0.678. The highest BCUT2D eigenvalue weighted by Crippen LogP contribution is 2.12. The Labute approximate surface area is 159 Å². The molecule has 150 valence electrons. The monoisotopic (exact) mass is 398 g/mol. The summed E-state index contributed by atoms with van der Waals surface area (Å²) in [7, 11) is -3.68. The van der Waals surface area contributed by atoms with Gasteiger partial charge in [-0.25, -0.2) is 8.42 Å². The van der Waals surface area contributed by atoms with Crippen LogP contribution in [-0.4, -0.2) is 79.8 Å². The van der Waals surface area contributed by atoms with Crippen molar-refractivity contribution >= 4 is 21.9 Å². The molecule has 1 heterocycles. The molecule has 0 aromatic heterocycles. The summed E-state index contributed by atoms with van der Waals surface area (Å²) in [5.74, 6) is -1.30. The van der Waals surface area contributed by atoms with Crippen molar-refractivity contribution in [2.24, 2.45) is 0 Å². The van der Waals surface area contributed by atoms with Gasteiger partial charge in [0.05, 0.1) is 25.4 Å². The molecular weight excluding hydrogens is 372 g/mol. The fourth-order valence-corrected chi connectivity index (χ4v) is 3.71. The van der Waals surface area contributed by atoms with Gasteiger partial charge in [-0.05, 0) is 17.5 Å². The summed E-state index contributed by atoms with van der Waals surface area (Å²) in [5, 5.41) is 8.91. The highest BCUT2D eigenvalue weighted by atomic mass is 32.2. The van der Waals surface area contributed by atoms with Crippen molar-refractivity contribution in [3.05, 3.63) is 35.4 Å². The van der Waals surface area contributed by atoms with E-state index in [-0.39, 0.29) is 32.0 Å². The third-order valence-corrected chi connectivity index (χ3v) is 5.68. The number of morpholine rings is 1. The third-order valence-electron chi connectivity index (χ3n) is 4.47. The van der Waals surface area contributed by atoms with Gasteiger partial charge >= 0.3 is 5.97 Å². The molecule has 27 heavy (non-hydrogen) atoms. The van der Waals surface area contributed by atoms with Crippen LogP contribution in [0, 0.1) is 0 Å². The zero-order valence-electron chi connectivity index (χ0n) is 15.6. The minimum atomic E-state index is -3.68. The summed E-state index contributed by atoms with van der Waals surface area (Å²) >= 11 is 0. The number of carboxylic acid groups (broad SMARTS) is 1. The van der Waals surface area contributed by atoms with Gasteiger partial charge in [-0.3, -0.25) is 9.59 Å².